The molecule has 1 unspecified atom stereocenters. The number of hydrogen-bond donors (Lipinski definition) is 1. The van der Waals surface area contributed by atoms with Gasteiger partial charge in [-0.15, -0.1) is 0 Å². The lowest BCUT2D eigenvalue weighted by molar-refractivity contribution is -0.0175. The first-order valence-corrected chi connectivity index (χ1v) is 8.86. The van der Waals surface area contributed by atoms with Crippen molar-refractivity contribution in [1.82, 2.24) is 20.0 Å². The summed E-state index contributed by atoms with van der Waals surface area (Å²) in [7, 11) is 1.89. The first-order chi connectivity index (χ1) is 12.2. The Bertz CT molecular complexity index is 671. The first-order valence-electron chi connectivity index (χ1n) is 8.86. The number of benzene rings is 1. The fourth-order valence-corrected chi connectivity index (χ4v) is 3.08. The van der Waals surface area contributed by atoms with Crippen molar-refractivity contribution < 1.29 is 9.53 Å². The van der Waals surface area contributed by atoms with Crippen molar-refractivity contribution in [3.63, 3.8) is 0 Å². The number of carbonyl (C=O) groups excluding carboxylic acids is 1. The highest BCUT2D eigenvalue weighted by Gasteiger charge is 2.23. The molecule has 6 nitrogen and oxygen atoms in total. The molecule has 6 heteroatoms. The molecule has 1 N–H and O–H groups in total. The van der Waals surface area contributed by atoms with Crippen LogP contribution in [0, 0.1) is 0 Å². The predicted octanol–water partition coefficient (Wildman–Crippen LogP) is 2.01. The number of aromatic nitrogens is 2. The molecule has 0 saturated carbocycles. The largest absolute Gasteiger partial charge is 0.375 e. The number of amides is 2. The van der Waals surface area contributed by atoms with Crippen LogP contribution in [-0.2, 0) is 24.6 Å². The normalized spacial score (nSPS) is 17.5. The Hall–Kier alpha value is -2.34. The zero-order valence-electron chi connectivity index (χ0n) is 14.7. The summed E-state index contributed by atoms with van der Waals surface area (Å²) in [6.07, 6.45) is 6.62. The van der Waals surface area contributed by atoms with E-state index in [-0.39, 0.29) is 12.1 Å². The number of ether oxygens (including phenoxy) is 1. The summed E-state index contributed by atoms with van der Waals surface area (Å²) >= 11 is 0. The van der Waals surface area contributed by atoms with Gasteiger partial charge >= 0.3 is 6.03 Å². The van der Waals surface area contributed by atoms with Crippen molar-refractivity contribution in [3.05, 3.63) is 53.9 Å². The van der Waals surface area contributed by atoms with Crippen LogP contribution in [0.1, 0.15) is 17.5 Å². The Labute approximate surface area is 148 Å². The van der Waals surface area contributed by atoms with Crippen molar-refractivity contribution in [1.29, 1.82) is 0 Å². The maximum Gasteiger partial charge on any atom is 0.317 e. The summed E-state index contributed by atoms with van der Waals surface area (Å²) in [5, 5.41) is 7.14. The van der Waals surface area contributed by atoms with Crippen LogP contribution in [-0.4, -0.2) is 53.1 Å². The van der Waals surface area contributed by atoms with Crippen LogP contribution in [0.4, 0.5) is 4.79 Å². The molecule has 1 aliphatic rings. The molecule has 3 rings (SSSR count). The zero-order chi connectivity index (χ0) is 17.5. The molecule has 2 aromatic rings. The molecule has 2 amide bonds. The Morgan fingerprint density at radius 3 is 2.88 bits per heavy atom. The zero-order valence-corrected chi connectivity index (χ0v) is 14.7. The molecule has 0 aliphatic carbocycles. The topological polar surface area (TPSA) is 59.4 Å². The van der Waals surface area contributed by atoms with Gasteiger partial charge in [-0.3, -0.25) is 4.68 Å². The Kier molecular flexibility index (Phi) is 6.06. The van der Waals surface area contributed by atoms with Crippen LogP contribution in [0.3, 0.4) is 0 Å². The van der Waals surface area contributed by atoms with Gasteiger partial charge < -0.3 is 15.0 Å². The van der Waals surface area contributed by atoms with Gasteiger partial charge in [0.2, 0.25) is 0 Å². The van der Waals surface area contributed by atoms with Crippen molar-refractivity contribution in [3.8, 4) is 0 Å². The van der Waals surface area contributed by atoms with Gasteiger partial charge in [0.05, 0.1) is 18.9 Å². The first kappa shape index (κ1) is 17.5. The molecule has 0 bridgehead atoms. The van der Waals surface area contributed by atoms with Gasteiger partial charge in [0.25, 0.3) is 0 Å². The lowest BCUT2D eigenvalue weighted by Crippen LogP contribution is -2.50. The van der Waals surface area contributed by atoms with E-state index in [4.69, 9.17) is 4.74 Å². The summed E-state index contributed by atoms with van der Waals surface area (Å²) in [5.41, 5.74) is 2.44. The summed E-state index contributed by atoms with van der Waals surface area (Å²) in [5.74, 6) is 0. The van der Waals surface area contributed by atoms with Gasteiger partial charge in [0, 0.05) is 32.9 Å². The van der Waals surface area contributed by atoms with Gasteiger partial charge in [-0.05, 0) is 30.4 Å². The van der Waals surface area contributed by atoms with Crippen LogP contribution < -0.4 is 5.32 Å². The molecule has 0 radical (unpaired) electrons. The van der Waals surface area contributed by atoms with E-state index in [1.807, 2.05) is 30.4 Å². The van der Waals surface area contributed by atoms with E-state index >= 15 is 0 Å². The van der Waals surface area contributed by atoms with Gasteiger partial charge in [0.1, 0.15) is 0 Å². The second kappa shape index (κ2) is 8.67. The fourth-order valence-electron chi connectivity index (χ4n) is 3.08. The van der Waals surface area contributed by atoms with E-state index in [0.717, 1.165) is 24.8 Å². The number of urea groups is 1. The molecule has 1 aromatic carbocycles. The second-order valence-electron chi connectivity index (χ2n) is 6.47. The lowest BCUT2D eigenvalue weighted by Gasteiger charge is -2.33. The molecular formula is C19H26N4O2. The standard InChI is InChI=1S/C19H26N4O2/c1-22-14-17(13-21-22)9-10-20-19(24)23-11-12-25-18(15-23)8-7-16-5-3-2-4-6-16/h2-6,13-14,18H,7-12,15H2,1H3,(H,20,24). The summed E-state index contributed by atoms with van der Waals surface area (Å²) in [6, 6.07) is 10.4. The number of carbonyl (C=O) groups is 1. The number of aryl methyl sites for hydroxylation is 2. The SMILES string of the molecule is Cn1cc(CCNC(=O)N2CCOC(CCc3ccccc3)C2)cn1. The third kappa shape index (κ3) is 5.32. The Morgan fingerprint density at radius 2 is 2.12 bits per heavy atom. The summed E-state index contributed by atoms with van der Waals surface area (Å²) in [4.78, 5) is 14.2. The predicted molar refractivity (Wildman–Crippen MR) is 96.4 cm³/mol. The molecule has 1 fully saturated rings. The molecule has 1 atom stereocenters. The third-order valence-electron chi connectivity index (χ3n) is 4.47. The van der Waals surface area contributed by atoms with Crippen LogP contribution in [0.5, 0.6) is 0 Å². The van der Waals surface area contributed by atoms with Crippen LogP contribution in [0.2, 0.25) is 0 Å². The van der Waals surface area contributed by atoms with Crippen LogP contribution in [0.25, 0.3) is 0 Å². The fraction of sp³-hybridized carbons (Fsp3) is 0.474. The summed E-state index contributed by atoms with van der Waals surface area (Å²) < 4.78 is 7.60. The Balaban J connectivity index is 1.40. The van der Waals surface area contributed by atoms with Gasteiger partial charge in [-0.2, -0.15) is 5.10 Å². The lowest BCUT2D eigenvalue weighted by atomic mass is 10.1. The minimum absolute atomic E-state index is 0.00287. The molecule has 1 aliphatic heterocycles. The maximum atomic E-state index is 12.4. The van der Waals surface area contributed by atoms with E-state index in [0.29, 0.717) is 26.2 Å². The quantitative estimate of drug-likeness (QED) is 0.874. The number of nitrogens with one attached hydrogen (secondary N) is 1. The van der Waals surface area contributed by atoms with Crippen molar-refractivity contribution in [2.45, 2.75) is 25.4 Å². The van der Waals surface area contributed by atoms with Crippen molar-refractivity contribution in [2.75, 3.05) is 26.2 Å². The molecule has 1 saturated heterocycles. The number of hydrogen-bond acceptors (Lipinski definition) is 3. The second-order valence-corrected chi connectivity index (χ2v) is 6.47. The van der Waals surface area contributed by atoms with Crippen molar-refractivity contribution >= 4 is 6.03 Å². The van der Waals surface area contributed by atoms with Crippen molar-refractivity contribution in [2.24, 2.45) is 7.05 Å². The molecule has 25 heavy (non-hydrogen) atoms. The molecule has 2 heterocycles. The van der Waals surface area contributed by atoms with E-state index in [9.17, 15) is 4.79 Å². The highest BCUT2D eigenvalue weighted by Crippen LogP contribution is 2.12. The number of nitrogens with zero attached hydrogens (tertiary/aromatic N) is 3. The maximum absolute atomic E-state index is 12.4. The average Bonchev–Trinajstić information content (AvgIpc) is 3.06. The monoisotopic (exact) mass is 342 g/mol. The molecule has 0 spiro atoms. The Morgan fingerprint density at radius 1 is 1.28 bits per heavy atom. The van der Waals surface area contributed by atoms with Gasteiger partial charge in [0.15, 0.2) is 0 Å². The molecule has 134 valence electrons. The van der Waals surface area contributed by atoms with E-state index in [1.165, 1.54) is 5.56 Å². The minimum atomic E-state index is -0.00287. The smallest absolute Gasteiger partial charge is 0.317 e. The van der Waals surface area contributed by atoms with E-state index < -0.39 is 0 Å². The van der Waals surface area contributed by atoms with Crippen LogP contribution >= 0.6 is 0 Å². The number of morpholine rings is 1. The average molecular weight is 342 g/mol. The highest BCUT2D eigenvalue weighted by molar-refractivity contribution is 5.74. The van der Waals surface area contributed by atoms with Crippen LogP contribution in [0.15, 0.2) is 42.7 Å². The summed E-state index contributed by atoms with van der Waals surface area (Å²) in [6.45, 7) is 2.54. The molecule has 1 aromatic heterocycles. The van der Waals surface area contributed by atoms with E-state index in [2.05, 4.69) is 34.7 Å². The minimum Gasteiger partial charge on any atom is -0.375 e. The highest BCUT2D eigenvalue weighted by atomic mass is 16.5. The molecular weight excluding hydrogens is 316 g/mol. The van der Waals surface area contributed by atoms with Gasteiger partial charge in [-0.25, -0.2) is 4.79 Å². The number of rotatable bonds is 6. The van der Waals surface area contributed by atoms with E-state index in [1.54, 1.807) is 4.68 Å². The third-order valence-corrected chi connectivity index (χ3v) is 4.47. The van der Waals surface area contributed by atoms with Gasteiger partial charge in [-0.1, -0.05) is 30.3 Å².